The van der Waals surface area contributed by atoms with E-state index in [9.17, 15) is 9.59 Å². The van der Waals surface area contributed by atoms with Gasteiger partial charge in [0.05, 0.1) is 18.1 Å². The van der Waals surface area contributed by atoms with Crippen LogP contribution >= 0.6 is 11.8 Å². The summed E-state index contributed by atoms with van der Waals surface area (Å²) in [4.78, 5) is 24.5. The van der Waals surface area contributed by atoms with Crippen molar-refractivity contribution in [2.45, 2.75) is 25.6 Å². The zero-order valence-corrected chi connectivity index (χ0v) is 17.3. The molecule has 0 radical (unpaired) electrons. The zero-order chi connectivity index (χ0) is 20.8. The molecule has 29 heavy (non-hydrogen) atoms. The van der Waals surface area contributed by atoms with Crippen molar-refractivity contribution in [1.29, 1.82) is 0 Å². The number of nitrogens with zero attached hydrogens (tertiary/aromatic N) is 1. The third-order valence-electron chi connectivity index (χ3n) is 4.39. The number of amides is 2. The fourth-order valence-corrected chi connectivity index (χ4v) is 3.57. The highest BCUT2D eigenvalue weighted by atomic mass is 32.2. The van der Waals surface area contributed by atoms with Crippen molar-refractivity contribution in [3.63, 3.8) is 0 Å². The van der Waals surface area contributed by atoms with Crippen molar-refractivity contribution >= 4 is 40.2 Å². The number of aryl methyl sites for hydroxylation is 1. The second-order valence-electron chi connectivity index (χ2n) is 6.51. The summed E-state index contributed by atoms with van der Waals surface area (Å²) in [5.74, 6) is 1.50. The van der Waals surface area contributed by atoms with E-state index in [4.69, 9.17) is 9.26 Å². The lowest BCUT2D eigenvalue weighted by Crippen LogP contribution is -2.28. The van der Waals surface area contributed by atoms with Crippen LogP contribution in [0.1, 0.15) is 18.2 Å². The number of carbonyl (C=O) groups is 2. The standard InChI is InChI=1S/C21H23N3O4S/c1-13-10-19(24-28-13)23-21(26)14(2)29-12-20(25)22-11-17-16-7-5-4-6-15(16)8-9-18(17)27-3/h4-10,14H,11-12H2,1-3H3,(H,22,25)(H,23,24,26). The predicted octanol–water partition coefficient (Wildman–Crippen LogP) is 3.52. The molecule has 0 aliphatic rings. The van der Waals surface area contributed by atoms with Gasteiger partial charge in [-0.05, 0) is 30.7 Å². The molecule has 2 amide bonds. The average Bonchev–Trinajstić information content (AvgIpc) is 3.14. The maximum atomic E-state index is 12.3. The van der Waals surface area contributed by atoms with Gasteiger partial charge < -0.3 is 19.9 Å². The van der Waals surface area contributed by atoms with Crippen LogP contribution in [0.2, 0.25) is 0 Å². The minimum absolute atomic E-state index is 0.151. The molecule has 0 fully saturated rings. The number of ether oxygens (including phenoxy) is 1. The van der Waals surface area contributed by atoms with Gasteiger partial charge in [-0.2, -0.15) is 0 Å². The summed E-state index contributed by atoms with van der Waals surface area (Å²) in [5, 5.41) is 11.0. The van der Waals surface area contributed by atoms with Crippen LogP contribution in [0.4, 0.5) is 5.82 Å². The summed E-state index contributed by atoms with van der Waals surface area (Å²) in [6.07, 6.45) is 0. The van der Waals surface area contributed by atoms with Crippen molar-refractivity contribution in [2.24, 2.45) is 0 Å². The van der Waals surface area contributed by atoms with E-state index in [1.54, 1.807) is 27.0 Å². The average molecular weight is 413 g/mol. The fraction of sp³-hybridized carbons (Fsp3) is 0.286. The Morgan fingerprint density at radius 2 is 2.03 bits per heavy atom. The Morgan fingerprint density at radius 3 is 2.76 bits per heavy atom. The third-order valence-corrected chi connectivity index (χ3v) is 5.54. The maximum absolute atomic E-state index is 12.3. The topological polar surface area (TPSA) is 93.5 Å². The Hall–Kier alpha value is -3.00. The molecule has 1 atom stereocenters. The largest absolute Gasteiger partial charge is 0.496 e. The molecular weight excluding hydrogens is 390 g/mol. The van der Waals surface area contributed by atoms with Crippen LogP contribution < -0.4 is 15.4 Å². The first-order valence-corrected chi connectivity index (χ1v) is 10.2. The van der Waals surface area contributed by atoms with Gasteiger partial charge in [-0.3, -0.25) is 9.59 Å². The molecular formula is C21H23N3O4S. The van der Waals surface area contributed by atoms with E-state index in [2.05, 4.69) is 15.8 Å². The minimum Gasteiger partial charge on any atom is -0.496 e. The van der Waals surface area contributed by atoms with Crippen LogP contribution in [-0.4, -0.2) is 35.1 Å². The molecule has 1 heterocycles. The number of fused-ring (bicyclic) bond motifs is 1. The fourth-order valence-electron chi connectivity index (χ4n) is 2.86. The van der Waals surface area contributed by atoms with Gasteiger partial charge in [-0.25, -0.2) is 0 Å². The lowest BCUT2D eigenvalue weighted by atomic mass is 10.0. The van der Waals surface area contributed by atoms with E-state index < -0.39 is 5.25 Å². The first-order valence-electron chi connectivity index (χ1n) is 9.15. The molecule has 1 unspecified atom stereocenters. The number of anilines is 1. The smallest absolute Gasteiger partial charge is 0.238 e. The summed E-state index contributed by atoms with van der Waals surface area (Å²) < 4.78 is 10.4. The van der Waals surface area contributed by atoms with Crippen molar-refractivity contribution in [3.8, 4) is 5.75 Å². The van der Waals surface area contributed by atoms with Crippen LogP contribution in [0.15, 0.2) is 47.0 Å². The molecule has 0 spiro atoms. The van der Waals surface area contributed by atoms with Crippen LogP contribution in [-0.2, 0) is 16.1 Å². The molecule has 3 aromatic rings. The number of thioether (sulfide) groups is 1. The van der Waals surface area contributed by atoms with Crippen molar-refractivity contribution in [3.05, 3.63) is 53.8 Å². The predicted molar refractivity (Wildman–Crippen MR) is 114 cm³/mol. The molecule has 0 saturated heterocycles. The molecule has 0 aliphatic carbocycles. The molecule has 3 rings (SSSR count). The molecule has 1 aromatic heterocycles. The first kappa shape index (κ1) is 20.7. The molecule has 8 heteroatoms. The number of hydrogen-bond acceptors (Lipinski definition) is 6. The molecule has 0 bridgehead atoms. The Kier molecular flexibility index (Phi) is 6.77. The molecule has 2 aromatic carbocycles. The van der Waals surface area contributed by atoms with E-state index in [0.29, 0.717) is 18.1 Å². The van der Waals surface area contributed by atoms with Gasteiger partial charge in [-0.15, -0.1) is 11.8 Å². The summed E-state index contributed by atoms with van der Waals surface area (Å²) in [6.45, 7) is 3.84. The van der Waals surface area contributed by atoms with Gasteiger partial charge in [-0.1, -0.05) is 35.5 Å². The van der Waals surface area contributed by atoms with E-state index in [1.165, 1.54) is 11.8 Å². The van der Waals surface area contributed by atoms with Crippen molar-refractivity contribution in [1.82, 2.24) is 10.5 Å². The zero-order valence-electron chi connectivity index (χ0n) is 16.5. The number of aromatic nitrogens is 1. The Bertz CT molecular complexity index is 1020. The molecule has 152 valence electrons. The van der Waals surface area contributed by atoms with E-state index in [1.807, 2.05) is 36.4 Å². The van der Waals surface area contributed by atoms with Gasteiger partial charge in [0.25, 0.3) is 0 Å². The summed E-state index contributed by atoms with van der Waals surface area (Å²) in [5.41, 5.74) is 0.927. The summed E-state index contributed by atoms with van der Waals surface area (Å²) >= 11 is 1.25. The number of carbonyl (C=O) groups excluding carboxylic acids is 2. The SMILES string of the molecule is COc1ccc2ccccc2c1CNC(=O)CSC(C)C(=O)Nc1cc(C)on1. The van der Waals surface area contributed by atoms with Gasteiger partial charge in [0, 0.05) is 18.2 Å². The normalized spacial score (nSPS) is 11.8. The molecule has 0 saturated carbocycles. The van der Waals surface area contributed by atoms with Crippen molar-refractivity contribution in [2.75, 3.05) is 18.2 Å². The maximum Gasteiger partial charge on any atom is 0.238 e. The Morgan fingerprint density at radius 1 is 1.24 bits per heavy atom. The second kappa shape index (κ2) is 9.47. The second-order valence-corrected chi connectivity index (χ2v) is 7.84. The van der Waals surface area contributed by atoms with Gasteiger partial charge in [0.15, 0.2) is 5.82 Å². The highest BCUT2D eigenvalue weighted by Crippen LogP contribution is 2.27. The third kappa shape index (κ3) is 5.29. The van der Waals surface area contributed by atoms with Crippen LogP contribution in [0.25, 0.3) is 10.8 Å². The monoisotopic (exact) mass is 413 g/mol. The van der Waals surface area contributed by atoms with E-state index in [-0.39, 0.29) is 17.6 Å². The molecule has 2 N–H and O–H groups in total. The Labute approximate surface area is 173 Å². The van der Waals surface area contributed by atoms with Crippen LogP contribution in [0, 0.1) is 6.92 Å². The van der Waals surface area contributed by atoms with Crippen LogP contribution in [0.3, 0.4) is 0 Å². The number of hydrogen-bond donors (Lipinski definition) is 2. The van der Waals surface area contributed by atoms with Crippen molar-refractivity contribution < 1.29 is 18.8 Å². The van der Waals surface area contributed by atoms with Gasteiger partial charge >= 0.3 is 0 Å². The minimum atomic E-state index is -0.412. The quantitative estimate of drug-likeness (QED) is 0.587. The highest BCUT2D eigenvalue weighted by molar-refractivity contribution is 8.01. The number of rotatable bonds is 8. The number of methoxy groups -OCH3 is 1. The first-order chi connectivity index (χ1) is 14.0. The lowest BCUT2D eigenvalue weighted by Gasteiger charge is -2.14. The van der Waals surface area contributed by atoms with Gasteiger partial charge in [0.1, 0.15) is 11.5 Å². The Balaban J connectivity index is 1.54. The molecule has 0 aliphatic heterocycles. The summed E-state index contributed by atoms with van der Waals surface area (Å²) in [6, 6.07) is 13.5. The lowest BCUT2D eigenvalue weighted by molar-refractivity contribution is -0.118. The number of benzene rings is 2. The van der Waals surface area contributed by atoms with Gasteiger partial charge in [0.2, 0.25) is 11.8 Å². The highest BCUT2D eigenvalue weighted by Gasteiger charge is 2.17. The summed E-state index contributed by atoms with van der Waals surface area (Å²) in [7, 11) is 1.61. The molecule has 7 nitrogen and oxygen atoms in total. The number of nitrogens with one attached hydrogen (secondary N) is 2. The van der Waals surface area contributed by atoms with E-state index >= 15 is 0 Å². The van der Waals surface area contributed by atoms with Crippen LogP contribution in [0.5, 0.6) is 5.75 Å². The van der Waals surface area contributed by atoms with E-state index in [0.717, 1.165) is 22.1 Å².